The number of methoxy groups -OCH3 is 1. The number of rotatable bonds is 7. The van der Waals surface area contributed by atoms with Gasteiger partial charge in [-0.3, -0.25) is 0 Å². The Hall–Kier alpha value is -3.49. The molecule has 1 saturated carbocycles. The summed E-state index contributed by atoms with van der Waals surface area (Å²) in [7, 11) is 3.86. The monoisotopic (exact) mass is 498 g/mol. The number of fused-ring (bicyclic) bond motifs is 2. The molecule has 1 aliphatic carbocycles. The van der Waals surface area contributed by atoms with Gasteiger partial charge < -0.3 is 19.7 Å². The Morgan fingerprint density at radius 2 is 1.97 bits per heavy atom. The van der Waals surface area contributed by atoms with Crippen molar-refractivity contribution in [2.24, 2.45) is 0 Å². The highest BCUT2D eigenvalue weighted by atomic mass is 16.5. The second-order valence-corrected chi connectivity index (χ2v) is 10.3. The van der Waals surface area contributed by atoms with Gasteiger partial charge in [-0.05, 0) is 68.5 Å². The van der Waals surface area contributed by atoms with Crippen LogP contribution in [0.4, 0.5) is 11.6 Å². The molecule has 2 aliphatic rings. The lowest BCUT2D eigenvalue weighted by atomic mass is 9.99. The number of nitrogens with one attached hydrogen (secondary N) is 1. The summed E-state index contributed by atoms with van der Waals surface area (Å²) in [6.07, 6.45) is 6.11. The third-order valence-electron chi connectivity index (χ3n) is 7.64. The average Bonchev–Trinajstić information content (AvgIpc) is 3.52. The van der Waals surface area contributed by atoms with Crippen LogP contribution in [0.1, 0.15) is 47.7 Å². The van der Waals surface area contributed by atoms with Crippen molar-refractivity contribution in [1.82, 2.24) is 24.6 Å². The van der Waals surface area contributed by atoms with Gasteiger partial charge in [0.15, 0.2) is 5.65 Å². The molecule has 4 aromatic rings. The number of aromatic nitrogens is 4. The van der Waals surface area contributed by atoms with Gasteiger partial charge in [-0.25, -0.2) is 9.67 Å². The fourth-order valence-corrected chi connectivity index (χ4v) is 5.57. The van der Waals surface area contributed by atoms with E-state index in [9.17, 15) is 0 Å². The summed E-state index contributed by atoms with van der Waals surface area (Å²) in [5.41, 5.74) is 6.56. The molecule has 0 unspecified atom stereocenters. The Kier molecular flexibility index (Phi) is 6.52. The number of nitrogens with zero attached hydrogens (tertiary/aromatic N) is 5. The van der Waals surface area contributed by atoms with Crippen molar-refractivity contribution in [2.45, 2.75) is 57.9 Å². The van der Waals surface area contributed by atoms with E-state index in [0.29, 0.717) is 12.6 Å². The summed E-state index contributed by atoms with van der Waals surface area (Å²) in [5.74, 6) is 1.36. The number of likely N-dealkylation sites (N-methyl/N-ethyl adjacent to an activating group) is 1. The maximum atomic E-state index is 6.24. The van der Waals surface area contributed by atoms with Crippen LogP contribution < -0.4 is 10.1 Å². The molecule has 0 amide bonds. The van der Waals surface area contributed by atoms with E-state index in [1.54, 1.807) is 7.11 Å². The normalized spacial score (nSPS) is 19.8. The molecule has 1 fully saturated rings. The van der Waals surface area contributed by atoms with Crippen molar-refractivity contribution >= 4 is 22.7 Å². The van der Waals surface area contributed by atoms with Crippen molar-refractivity contribution in [1.29, 1.82) is 0 Å². The van der Waals surface area contributed by atoms with Crippen molar-refractivity contribution < 1.29 is 9.47 Å². The minimum Gasteiger partial charge on any atom is -0.495 e. The molecule has 0 radical (unpaired) electrons. The van der Waals surface area contributed by atoms with Crippen LogP contribution in [0.5, 0.6) is 5.75 Å². The zero-order chi connectivity index (χ0) is 25.4. The number of anilines is 2. The SMILES string of the molecule is COc1cc2c(cc1Nc1ncc3c(C)nn([C@H]4CC[C@@H](OCc5ccccc5)C4)c3n1)CN(C)CC2. The molecular formula is C29H34N6O2. The largest absolute Gasteiger partial charge is 0.495 e. The summed E-state index contributed by atoms with van der Waals surface area (Å²) < 4.78 is 14.0. The summed E-state index contributed by atoms with van der Waals surface area (Å²) >= 11 is 0. The number of aryl methyl sites for hydroxylation is 1. The number of hydrogen-bond donors (Lipinski definition) is 1. The van der Waals surface area contributed by atoms with Gasteiger partial charge in [-0.1, -0.05) is 30.3 Å². The van der Waals surface area contributed by atoms with Gasteiger partial charge in [-0.2, -0.15) is 10.1 Å². The molecule has 8 nitrogen and oxygen atoms in total. The van der Waals surface area contributed by atoms with E-state index in [-0.39, 0.29) is 12.1 Å². The summed E-state index contributed by atoms with van der Waals surface area (Å²) in [5, 5.41) is 9.28. The molecule has 0 spiro atoms. The molecule has 6 rings (SSSR count). The van der Waals surface area contributed by atoms with Crippen LogP contribution in [-0.4, -0.2) is 51.5 Å². The minimum atomic E-state index is 0.224. The highest BCUT2D eigenvalue weighted by molar-refractivity contribution is 5.79. The zero-order valence-electron chi connectivity index (χ0n) is 21.8. The first-order valence-corrected chi connectivity index (χ1v) is 13.1. The van der Waals surface area contributed by atoms with E-state index >= 15 is 0 Å². The van der Waals surface area contributed by atoms with Crippen LogP contribution in [0.2, 0.25) is 0 Å². The van der Waals surface area contributed by atoms with Crippen molar-refractivity contribution in [3.63, 3.8) is 0 Å². The average molecular weight is 499 g/mol. The molecule has 37 heavy (non-hydrogen) atoms. The Bertz CT molecular complexity index is 1400. The van der Waals surface area contributed by atoms with Gasteiger partial charge in [0, 0.05) is 19.3 Å². The van der Waals surface area contributed by atoms with E-state index < -0.39 is 0 Å². The van der Waals surface area contributed by atoms with Crippen LogP contribution in [-0.2, 0) is 24.3 Å². The van der Waals surface area contributed by atoms with E-state index in [4.69, 9.17) is 19.6 Å². The van der Waals surface area contributed by atoms with Crippen LogP contribution >= 0.6 is 0 Å². The zero-order valence-corrected chi connectivity index (χ0v) is 21.8. The first-order chi connectivity index (χ1) is 18.1. The van der Waals surface area contributed by atoms with E-state index in [1.165, 1.54) is 16.7 Å². The second-order valence-electron chi connectivity index (χ2n) is 10.3. The lowest BCUT2D eigenvalue weighted by Gasteiger charge is -2.26. The maximum absolute atomic E-state index is 6.24. The molecule has 0 bridgehead atoms. The van der Waals surface area contributed by atoms with E-state index in [1.807, 2.05) is 19.2 Å². The van der Waals surface area contributed by atoms with E-state index in [0.717, 1.165) is 66.9 Å². The van der Waals surface area contributed by atoms with Crippen LogP contribution in [0.3, 0.4) is 0 Å². The molecule has 1 N–H and O–H groups in total. The van der Waals surface area contributed by atoms with Gasteiger partial charge in [0.1, 0.15) is 5.75 Å². The minimum absolute atomic E-state index is 0.224. The van der Waals surface area contributed by atoms with Crippen LogP contribution in [0, 0.1) is 6.92 Å². The summed E-state index contributed by atoms with van der Waals surface area (Å²) in [4.78, 5) is 11.9. The predicted molar refractivity (Wildman–Crippen MR) is 144 cm³/mol. The Morgan fingerprint density at radius 1 is 1.11 bits per heavy atom. The molecule has 3 heterocycles. The smallest absolute Gasteiger partial charge is 0.229 e. The van der Waals surface area contributed by atoms with Gasteiger partial charge in [0.2, 0.25) is 5.95 Å². The molecule has 1 aliphatic heterocycles. The topological polar surface area (TPSA) is 77.3 Å². The highest BCUT2D eigenvalue weighted by Gasteiger charge is 2.29. The van der Waals surface area contributed by atoms with Gasteiger partial charge in [-0.15, -0.1) is 0 Å². The standard InChI is InChI=1S/C29H34N6O2/c1-19-25-16-30-29(31-26-13-22-17-34(2)12-11-21(22)14-27(26)36-3)32-28(25)35(33-19)23-9-10-24(15-23)37-18-20-7-5-4-6-8-20/h4-8,13-14,16,23-24H,9-12,15,17-18H2,1-3H3,(H,30,31,32)/t23-,24+/m0/s1. The lowest BCUT2D eigenvalue weighted by Crippen LogP contribution is -2.26. The summed E-state index contributed by atoms with van der Waals surface area (Å²) in [6, 6.07) is 14.9. The second kappa shape index (κ2) is 10.1. The van der Waals surface area contributed by atoms with Gasteiger partial charge in [0.05, 0.1) is 42.6 Å². The molecule has 2 aromatic carbocycles. The maximum Gasteiger partial charge on any atom is 0.229 e. The summed E-state index contributed by atoms with van der Waals surface area (Å²) in [6.45, 7) is 4.66. The number of benzene rings is 2. The molecular weight excluding hydrogens is 464 g/mol. The predicted octanol–water partition coefficient (Wildman–Crippen LogP) is 5.19. The highest BCUT2D eigenvalue weighted by Crippen LogP contribution is 2.36. The first-order valence-electron chi connectivity index (χ1n) is 13.1. The third-order valence-corrected chi connectivity index (χ3v) is 7.64. The van der Waals surface area contributed by atoms with Crippen molar-refractivity contribution in [3.8, 4) is 5.75 Å². The first kappa shape index (κ1) is 23.9. The van der Waals surface area contributed by atoms with Crippen LogP contribution in [0.15, 0.2) is 48.7 Å². The molecule has 2 aromatic heterocycles. The number of hydrogen-bond acceptors (Lipinski definition) is 7. The Balaban J connectivity index is 1.22. The van der Waals surface area contributed by atoms with E-state index in [2.05, 4.69) is 63.3 Å². The third kappa shape index (κ3) is 4.91. The van der Waals surface area contributed by atoms with Gasteiger partial charge in [0.25, 0.3) is 0 Å². The lowest BCUT2D eigenvalue weighted by molar-refractivity contribution is 0.0431. The molecule has 192 valence electrons. The fraction of sp³-hybridized carbons (Fsp3) is 0.414. The van der Waals surface area contributed by atoms with Crippen LogP contribution in [0.25, 0.3) is 11.0 Å². The Labute approximate surface area is 217 Å². The Morgan fingerprint density at radius 3 is 2.81 bits per heavy atom. The quantitative estimate of drug-likeness (QED) is 0.376. The molecule has 0 saturated heterocycles. The van der Waals surface area contributed by atoms with Crippen molar-refractivity contribution in [2.75, 3.05) is 26.0 Å². The fourth-order valence-electron chi connectivity index (χ4n) is 5.57. The van der Waals surface area contributed by atoms with Crippen molar-refractivity contribution in [3.05, 3.63) is 71.0 Å². The molecule has 8 heteroatoms. The van der Waals surface area contributed by atoms with Gasteiger partial charge >= 0.3 is 0 Å². The molecule has 2 atom stereocenters. The number of ether oxygens (including phenoxy) is 2.